The van der Waals surface area contributed by atoms with Crippen LogP contribution < -0.4 is 5.32 Å². The van der Waals surface area contributed by atoms with E-state index in [1.54, 1.807) is 0 Å². The predicted octanol–water partition coefficient (Wildman–Crippen LogP) is -0.716. The van der Waals surface area contributed by atoms with Crippen molar-refractivity contribution in [2.24, 2.45) is 0 Å². The first-order valence-electron chi connectivity index (χ1n) is 4.12. The Morgan fingerprint density at radius 3 is 2.31 bits per heavy atom. The van der Waals surface area contributed by atoms with Crippen LogP contribution in [-0.2, 0) is 9.59 Å². The van der Waals surface area contributed by atoms with Crippen LogP contribution in [0.3, 0.4) is 0 Å². The van der Waals surface area contributed by atoms with Gasteiger partial charge >= 0.3 is 5.97 Å². The Bertz CT molecular complexity index is 202. The number of carboxylic acids is 1. The third kappa shape index (κ3) is 7.27. The van der Waals surface area contributed by atoms with Crippen molar-refractivity contribution in [3.05, 3.63) is 0 Å². The van der Waals surface area contributed by atoms with E-state index in [-0.39, 0.29) is 12.5 Å². The van der Waals surface area contributed by atoms with Gasteiger partial charge in [-0.05, 0) is 0 Å². The van der Waals surface area contributed by atoms with Gasteiger partial charge in [0.2, 0.25) is 5.91 Å². The van der Waals surface area contributed by atoms with E-state index >= 15 is 0 Å². The molecule has 0 atom stereocenters. The topological polar surface area (TPSA) is 66.4 Å². The summed E-state index contributed by atoms with van der Waals surface area (Å²) in [4.78, 5) is 20.9. The highest BCUT2D eigenvalue weighted by atomic mass is 16.4. The summed E-state index contributed by atoms with van der Waals surface area (Å²) in [5, 5.41) is 11.2. The van der Waals surface area contributed by atoms with Crippen LogP contribution in [-0.4, -0.2) is 55.2 Å². The number of likely N-dealkylation sites (N-methyl/N-ethyl adjacent to an activating group) is 1. The molecule has 0 rings (SSSR count). The van der Waals surface area contributed by atoms with Crippen molar-refractivity contribution in [1.82, 2.24) is 5.32 Å². The van der Waals surface area contributed by atoms with Crippen LogP contribution in [0.1, 0.15) is 6.92 Å². The van der Waals surface area contributed by atoms with E-state index in [0.29, 0.717) is 17.6 Å². The molecule has 13 heavy (non-hydrogen) atoms. The molecule has 76 valence electrons. The minimum Gasteiger partial charge on any atom is -0.477 e. The van der Waals surface area contributed by atoms with Crippen LogP contribution in [0.25, 0.3) is 0 Å². The maximum atomic E-state index is 10.5. The van der Waals surface area contributed by atoms with E-state index in [0.717, 1.165) is 0 Å². The van der Waals surface area contributed by atoms with Gasteiger partial charge in [0.25, 0.3) is 0 Å². The smallest absolute Gasteiger partial charge is 0.359 e. The summed E-state index contributed by atoms with van der Waals surface area (Å²) < 4.78 is 0.371. The fraction of sp³-hybridized carbons (Fsp3) is 0.750. The molecule has 0 heterocycles. The SMILES string of the molecule is CC(=O)NCC[N+](C)(C)CC(=O)O. The van der Waals surface area contributed by atoms with Crippen LogP contribution in [0, 0.1) is 0 Å². The summed E-state index contributed by atoms with van der Waals surface area (Å²) in [6.07, 6.45) is 0. The summed E-state index contributed by atoms with van der Waals surface area (Å²) in [6, 6.07) is 0. The van der Waals surface area contributed by atoms with Crippen LogP contribution in [0.2, 0.25) is 0 Å². The molecule has 0 aliphatic carbocycles. The molecule has 0 spiro atoms. The summed E-state index contributed by atoms with van der Waals surface area (Å²) in [5.41, 5.74) is 0. The Kier molecular flexibility index (Phi) is 4.40. The van der Waals surface area contributed by atoms with Crippen LogP contribution >= 0.6 is 0 Å². The molecule has 0 fully saturated rings. The Morgan fingerprint density at radius 2 is 1.92 bits per heavy atom. The Hall–Kier alpha value is -1.10. The maximum Gasteiger partial charge on any atom is 0.359 e. The molecular formula is C8H17N2O3+. The molecule has 2 N–H and O–H groups in total. The second-order valence-electron chi connectivity index (χ2n) is 3.69. The zero-order valence-corrected chi connectivity index (χ0v) is 8.33. The molecule has 0 aromatic rings. The quantitative estimate of drug-likeness (QED) is 0.561. The molecule has 0 saturated heterocycles. The number of carbonyl (C=O) groups is 2. The predicted molar refractivity (Wildman–Crippen MR) is 48.2 cm³/mol. The number of hydrogen-bond acceptors (Lipinski definition) is 2. The third-order valence-electron chi connectivity index (χ3n) is 1.65. The average Bonchev–Trinajstić information content (AvgIpc) is 1.81. The van der Waals surface area contributed by atoms with Gasteiger partial charge in [-0.1, -0.05) is 0 Å². The minimum absolute atomic E-state index is 0.0690. The van der Waals surface area contributed by atoms with E-state index < -0.39 is 5.97 Å². The highest BCUT2D eigenvalue weighted by Crippen LogP contribution is 1.94. The zero-order valence-electron chi connectivity index (χ0n) is 8.33. The third-order valence-corrected chi connectivity index (χ3v) is 1.65. The summed E-state index contributed by atoms with van der Waals surface area (Å²) in [6.45, 7) is 2.64. The summed E-state index contributed by atoms with van der Waals surface area (Å²) in [7, 11) is 3.63. The number of carboxylic acid groups (broad SMARTS) is 1. The molecular weight excluding hydrogens is 172 g/mol. The molecule has 0 aromatic carbocycles. The van der Waals surface area contributed by atoms with Crippen LogP contribution in [0.4, 0.5) is 0 Å². The first kappa shape index (κ1) is 11.9. The average molecular weight is 189 g/mol. The van der Waals surface area contributed by atoms with Gasteiger partial charge in [-0.3, -0.25) is 4.79 Å². The highest BCUT2D eigenvalue weighted by Gasteiger charge is 2.18. The van der Waals surface area contributed by atoms with Gasteiger partial charge in [-0.15, -0.1) is 0 Å². The van der Waals surface area contributed by atoms with Gasteiger partial charge in [0.05, 0.1) is 27.2 Å². The number of nitrogens with one attached hydrogen (secondary N) is 1. The molecule has 5 nitrogen and oxygen atoms in total. The first-order chi connectivity index (χ1) is 5.83. The lowest BCUT2D eigenvalue weighted by Crippen LogP contribution is -2.48. The molecule has 0 aliphatic rings. The van der Waals surface area contributed by atoms with E-state index in [9.17, 15) is 9.59 Å². The second kappa shape index (κ2) is 4.81. The Balaban J connectivity index is 3.75. The van der Waals surface area contributed by atoms with Gasteiger partial charge in [0, 0.05) is 6.92 Å². The second-order valence-corrected chi connectivity index (χ2v) is 3.69. The number of rotatable bonds is 5. The summed E-state index contributed by atoms with van der Waals surface area (Å²) >= 11 is 0. The largest absolute Gasteiger partial charge is 0.477 e. The number of nitrogens with zero attached hydrogens (tertiary/aromatic N) is 1. The van der Waals surface area contributed by atoms with Crippen LogP contribution in [0.5, 0.6) is 0 Å². The Labute approximate surface area is 77.9 Å². The normalized spacial score (nSPS) is 11.0. The molecule has 1 amide bonds. The molecule has 0 saturated carbocycles. The molecule has 0 radical (unpaired) electrons. The van der Waals surface area contributed by atoms with E-state index in [1.807, 2.05) is 14.1 Å². The van der Waals surface area contributed by atoms with Crippen molar-refractivity contribution in [2.45, 2.75) is 6.92 Å². The van der Waals surface area contributed by atoms with Crippen molar-refractivity contribution < 1.29 is 19.2 Å². The van der Waals surface area contributed by atoms with Crippen molar-refractivity contribution >= 4 is 11.9 Å². The van der Waals surface area contributed by atoms with Gasteiger partial charge < -0.3 is 14.9 Å². The molecule has 0 unspecified atom stereocenters. The van der Waals surface area contributed by atoms with Crippen molar-refractivity contribution in [1.29, 1.82) is 0 Å². The molecule has 5 heteroatoms. The monoisotopic (exact) mass is 189 g/mol. The number of amides is 1. The number of quaternary nitrogens is 1. The first-order valence-corrected chi connectivity index (χ1v) is 4.12. The van der Waals surface area contributed by atoms with E-state index in [4.69, 9.17) is 5.11 Å². The number of carbonyl (C=O) groups excluding carboxylic acids is 1. The molecule has 0 aliphatic heterocycles. The minimum atomic E-state index is -0.826. The fourth-order valence-corrected chi connectivity index (χ4v) is 0.980. The van der Waals surface area contributed by atoms with Gasteiger partial charge in [-0.2, -0.15) is 0 Å². The zero-order chi connectivity index (χ0) is 10.5. The number of aliphatic carboxylic acids is 1. The van der Waals surface area contributed by atoms with Crippen molar-refractivity contribution in [3.63, 3.8) is 0 Å². The van der Waals surface area contributed by atoms with Gasteiger partial charge in [-0.25, -0.2) is 4.79 Å². The lowest BCUT2D eigenvalue weighted by molar-refractivity contribution is -0.881. The van der Waals surface area contributed by atoms with Gasteiger partial charge in [0.1, 0.15) is 0 Å². The maximum absolute atomic E-state index is 10.5. The molecule has 0 aromatic heterocycles. The standard InChI is InChI=1S/C8H16N2O3/c1-7(11)9-4-5-10(2,3)6-8(12)13/h4-6H2,1-3H3,(H-,9,11,12,13)/p+1. The Morgan fingerprint density at radius 1 is 1.38 bits per heavy atom. The summed E-state index contributed by atoms with van der Waals surface area (Å²) in [5.74, 6) is -0.914. The van der Waals surface area contributed by atoms with E-state index in [2.05, 4.69) is 5.32 Å². The van der Waals surface area contributed by atoms with Crippen molar-refractivity contribution in [3.8, 4) is 0 Å². The van der Waals surface area contributed by atoms with E-state index in [1.165, 1.54) is 6.92 Å². The van der Waals surface area contributed by atoms with Gasteiger partial charge in [0.15, 0.2) is 6.54 Å². The highest BCUT2D eigenvalue weighted by molar-refractivity contribution is 5.72. The number of hydrogen-bond donors (Lipinski definition) is 2. The molecule has 0 bridgehead atoms. The fourth-order valence-electron chi connectivity index (χ4n) is 0.980. The van der Waals surface area contributed by atoms with Crippen LogP contribution in [0.15, 0.2) is 0 Å². The lowest BCUT2D eigenvalue weighted by atomic mass is 10.4. The lowest BCUT2D eigenvalue weighted by Gasteiger charge is -2.27. The van der Waals surface area contributed by atoms with Crippen molar-refractivity contribution in [2.75, 3.05) is 33.7 Å².